The fourth-order valence-corrected chi connectivity index (χ4v) is 9.21. The lowest BCUT2D eigenvalue weighted by Gasteiger charge is -2.40. The molecular weight excluding hydrogens is 875 g/mol. The first-order valence-electron chi connectivity index (χ1n) is 29.5. The molecule has 1 saturated heterocycles. The number of aliphatic hydroxyl groups excluding tert-OH is 5. The van der Waals surface area contributed by atoms with Crippen LogP contribution in [-0.4, -0.2) is 87.5 Å². The molecule has 0 spiro atoms. The third-order valence-corrected chi connectivity index (χ3v) is 13.8. The molecule has 7 atom stereocenters. The van der Waals surface area contributed by atoms with Crippen LogP contribution in [0, 0.1) is 0 Å². The van der Waals surface area contributed by atoms with Crippen LogP contribution in [0.4, 0.5) is 0 Å². The lowest BCUT2D eigenvalue weighted by molar-refractivity contribution is -0.302. The zero-order valence-electron chi connectivity index (χ0n) is 45.3. The van der Waals surface area contributed by atoms with E-state index in [9.17, 15) is 30.3 Å². The standard InChI is InChI=1S/C61H111NO8/c1-3-5-7-9-11-13-15-17-19-21-23-25-26-27-28-29-30-31-33-35-37-39-41-43-45-47-49-51-57(65)62-54(53-69-61-60(68)59(67)58(66)56(52-63)70-61)55(64)50-48-46-44-42-40-38-36-34-32-24-22-20-18-16-14-12-10-8-6-4-2/h5,7,11,13,17,19,23,25,48,50,54-56,58-61,63-64,66-68H,3-4,6,8-10,12,14-16,18,20-22,24,26-47,49,51-53H2,1-2H3,(H,62,65)/b7-5-,13-11-,19-17-,25-23-,50-48+. The van der Waals surface area contributed by atoms with E-state index in [1.165, 1.54) is 180 Å². The number of allylic oxidation sites excluding steroid dienone is 9. The van der Waals surface area contributed by atoms with E-state index in [2.05, 4.69) is 67.8 Å². The van der Waals surface area contributed by atoms with E-state index in [0.29, 0.717) is 6.42 Å². The Balaban J connectivity index is 2.21. The van der Waals surface area contributed by atoms with Gasteiger partial charge in [-0.05, 0) is 57.8 Å². The fraction of sp³-hybridized carbons (Fsp3) is 0.820. The third kappa shape index (κ3) is 39.4. The summed E-state index contributed by atoms with van der Waals surface area (Å²) in [6.45, 7) is 3.69. The summed E-state index contributed by atoms with van der Waals surface area (Å²) in [6, 6.07) is -0.807. The zero-order chi connectivity index (χ0) is 50.8. The molecule has 6 N–H and O–H groups in total. The van der Waals surface area contributed by atoms with E-state index in [1.807, 2.05) is 6.08 Å². The van der Waals surface area contributed by atoms with Crippen molar-refractivity contribution in [1.82, 2.24) is 5.32 Å². The largest absolute Gasteiger partial charge is 0.394 e. The number of amides is 1. The predicted molar refractivity (Wildman–Crippen MR) is 295 cm³/mol. The molecule has 1 fully saturated rings. The summed E-state index contributed by atoms with van der Waals surface area (Å²) in [6.07, 6.45) is 61.4. The zero-order valence-corrected chi connectivity index (χ0v) is 45.3. The highest BCUT2D eigenvalue weighted by molar-refractivity contribution is 5.76. The van der Waals surface area contributed by atoms with Gasteiger partial charge in [0.05, 0.1) is 25.4 Å². The first-order chi connectivity index (χ1) is 34.3. The average Bonchev–Trinajstić information content (AvgIpc) is 3.36. The van der Waals surface area contributed by atoms with Crippen LogP contribution in [0.1, 0.15) is 264 Å². The van der Waals surface area contributed by atoms with E-state index in [0.717, 1.165) is 64.2 Å². The van der Waals surface area contributed by atoms with Crippen molar-refractivity contribution in [2.45, 2.75) is 307 Å². The molecule has 70 heavy (non-hydrogen) atoms. The molecule has 0 saturated carbocycles. The number of ether oxygens (including phenoxy) is 2. The Kier molecular flexibility index (Phi) is 47.5. The number of carbonyl (C=O) groups is 1. The van der Waals surface area contributed by atoms with Gasteiger partial charge in [0.2, 0.25) is 5.91 Å². The van der Waals surface area contributed by atoms with Gasteiger partial charge in [0, 0.05) is 6.42 Å². The summed E-state index contributed by atoms with van der Waals surface area (Å²) in [7, 11) is 0. The highest BCUT2D eigenvalue weighted by Crippen LogP contribution is 2.23. The summed E-state index contributed by atoms with van der Waals surface area (Å²) in [5, 5.41) is 54.6. The van der Waals surface area contributed by atoms with Gasteiger partial charge in [-0.2, -0.15) is 0 Å². The van der Waals surface area contributed by atoms with Gasteiger partial charge in [0.1, 0.15) is 24.4 Å². The lowest BCUT2D eigenvalue weighted by Crippen LogP contribution is -2.60. The molecular formula is C61H111NO8. The Morgan fingerprint density at radius 1 is 0.500 bits per heavy atom. The monoisotopic (exact) mass is 986 g/mol. The van der Waals surface area contributed by atoms with Gasteiger partial charge in [-0.15, -0.1) is 0 Å². The van der Waals surface area contributed by atoms with E-state index >= 15 is 0 Å². The van der Waals surface area contributed by atoms with Crippen molar-refractivity contribution in [1.29, 1.82) is 0 Å². The first kappa shape index (κ1) is 65.9. The van der Waals surface area contributed by atoms with Crippen molar-refractivity contribution in [2.24, 2.45) is 0 Å². The normalized spacial score (nSPS) is 19.8. The Labute approximate surface area is 430 Å². The summed E-state index contributed by atoms with van der Waals surface area (Å²) < 4.78 is 11.3. The molecule has 0 aromatic heterocycles. The van der Waals surface area contributed by atoms with Crippen LogP contribution in [-0.2, 0) is 14.3 Å². The first-order valence-corrected chi connectivity index (χ1v) is 29.5. The minimum absolute atomic E-state index is 0.177. The summed E-state index contributed by atoms with van der Waals surface area (Å²) in [5.41, 5.74) is 0. The molecule has 1 rings (SSSR count). The van der Waals surface area contributed by atoms with Gasteiger partial charge in [0.15, 0.2) is 6.29 Å². The van der Waals surface area contributed by atoms with E-state index in [1.54, 1.807) is 6.08 Å². The highest BCUT2D eigenvalue weighted by atomic mass is 16.7. The number of carbonyl (C=O) groups excluding carboxylic acids is 1. The molecule has 0 aromatic rings. The molecule has 1 aliphatic heterocycles. The second-order valence-corrected chi connectivity index (χ2v) is 20.4. The van der Waals surface area contributed by atoms with Crippen LogP contribution in [0.5, 0.6) is 0 Å². The Hall–Kier alpha value is -2.11. The van der Waals surface area contributed by atoms with Crippen LogP contribution < -0.4 is 5.32 Å². The number of hydrogen-bond donors (Lipinski definition) is 6. The van der Waals surface area contributed by atoms with Gasteiger partial charge in [0.25, 0.3) is 0 Å². The molecule has 1 heterocycles. The molecule has 408 valence electrons. The number of rotatable bonds is 50. The highest BCUT2D eigenvalue weighted by Gasteiger charge is 2.44. The summed E-state index contributed by atoms with van der Waals surface area (Å²) >= 11 is 0. The molecule has 7 unspecified atom stereocenters. The molecule has 1 amide bonds. The number of aliphatic hydroxyl groups is 5. The van der Waals surface area contributed by atoms with Gasteiger partial charge in [-0.3, -0.25) is 4.79 Å². The van der Waals surface area contributed by atoms with E-state index in [-0.39, 0.29) is 12.5 Å². The van der Waals surface area contributed by atoms with Crippen LogP contribution in [0.15, 0.2) is 60.8 Å². The quantitative estimate of drug-likeness (QED) is 0.0261. The smallest absolute Gasteiger partial charge is 0.220 e. The SMILES string of the molecule is CC/C=C\C/C=C\C/C=C\C/C=C\CCCCCCCCCCCCCCCCC(=O)NC(COC1OC(CO)C(O)C(O)C1O)C(O)/C=C/CCCCCCCCCCCCCCCCCCCC. The van der Waals surface area contributed by atoms with Gasteiger partial charge < -0.3 is 40.3 Å². The van der Waals surface area contributed by atoms with Crippen molar-refractivity contribution in [3.63, 3.8) is 0 Å². The van der Waals surface area contributed by atoms with Crippen LogP contribution >= 0.6 is 0 Å². The lowest BCUT2D eigenvalue weighted by atomic mass is 9.99. The second-order valence-electron chi connectivity index (χ2n) is 20.4. The van der Waals surface area contributed by atoms with Gasteiger partial charge >= 0.3 is 0 Å². The molecule has 0 bridgehead atoms. The topological polar surface area (TPSA) is 149 Å². The molecule has 9 nitrogen and oxygen atoms in total. The summed E-state index contributed by atoms with van der Waals surface area (Å²) in [5.74, 6) is -0.177. The second kappa shape index (κ2) is 50.4. The number of nitrogens with one attached hydrogen (secondary N) is 1. The van der Waals surface area contributed by atoms with E-state index in [4.69, 9.17) is 9.47 Å². The average molecular weight is 987 g/mol. The minimum Gasteiger partial charge on any atom is -0.394 e. The van der Waals surface area contributed by atoms with Crippen molar-refractivity contribution >= 4 is 5.91 Å². The van der Waals surface area contributed by atoms with Crippen LogP contribution in [0.25, 0.3) is 0 Å². The van der Waals surface area contributed by atoms with Gasteiger partial charge in [-0.25, -0.2) is 0 Å². The van der Waals surface area contributed by atoms with Crippen molar-refractivity contribution in [2.75, 3.05) is 13.2 Å². The summed E-state index contributed by atoms with van der Waals surface area (Å²) in [4.78, 5) is 13.1. The molecule has 0 aromatic carbocycles. The van der Waals surface area contributed by atoms with Gasteiger partial charge in [-0.1, -0.05) is 261 Å². The van der Waals surface area contributed by atoms with Crippen molar-refractivity contribution in [3.05, 3.63) is 60.8 Å². The van der Waals surface area contributed by atoms with Crippen molar-refractivity contribution in [3.8, 4) is 0 Å². The Morgan fingerprint density at radius 3 is 1.31 bits per heavy atom. The molecule has 1 aliphatic rings. The van der Waals surface area contributed by atoms with Crippen LogP contribution in [0.3, 0.4) is 0 Å². The Bertz CT molecular complexity index is 1280. The maximum atomic E-state index is 13.1. The van der Waals surface area contributed by atoms with Crippen LogP contribution in [0.2, 0.25) is 0 Å². The Morgan fingerprint density at radius 2 is 0.886 bits per heavy atom. The maximum Gasteiger partial charge on any atom is 0.220 e. The van der Waals surface area contributed by atoms with Crippen molar-refractivity contribution < 1.29 is 39.8 Å². The minimum atomic E-state index is -1.57. The number of hydrogen-bond acceptors (Lipinski definition) is 8. The maximum absolute atomic E-state index is 13.1. The number of unbranched alkanes of at least 4 members (excludes halogenated alkanes) is 32. The third-order valence-electron chi connectivity index (χ3n) is 13.8. The van der Waals surface area contributed by atoms with E-state index < -0.39 is 49.5 Å². The molecule has 0 radical (unpaired) electrons. The molecule has 0 aliphatic carbocycles. The molecule has 9 heteroatoms. The fourth-order valence-electron chi connectivity index (χ4n) is 9.21. The predicted octanol–water partition coefficient (Wildman–Crippen LogP) is 14.7.